The Morgan fingerprint density at radius 2 is 2.12 bits per heavy atom. The minimum absolute atomic E-state index is 0.0861. The van der Waals surface area contributed by atoms with Crippen LogP contribution >= 0.6 is 0 Å². The molecule has 0 atom stereocenters. The number of hydrogen-bond acceptors (Lipinski definition) is 3. The molecule has 3 nitrogen and oxygen atoms in total. The van der Waals surface area contributed by atoms with Crippen LogP contribution < -0.4 is 5.32 Å². The van der Waals surface area contributed by atoms with Gasteiger partial charge in [-0.2, -0.15) is 5.26 Å². The van der Waals surface area contributed by atoms with Gasteiger partial charge in [-0.3, -0.25) is 0 Å². The summed E-state index contributed by atoms with van der Waals surface area (Å²) in [6.45, 7) is -0.266. The summed E-state index contributed by atoms with van der Waals surface area (Å²) < 4.78 is 41.0. The third-order valence-electron chi connectivity index (χ3n) is 1.85. The molecule has 0 aliphatic rings. The van der Waals surface area contributed by atoms with Crippen molar-refractivity contribution < 1.29 is 17.9 Å². The summed E-state index contributed by atoms with van der Waals surface area (Å²) in [5, 5.41) is 11.4. The number of rotatable bonds is 6. The minimum Gasteiger partial charge on any atom is -0.383 e. The number of benzene rings is 1. The van der Waals surface area contributed by atoms with E-state index in [-0.39, 0.29) is 18.7 Å². The molecule has 0 aliphatic heterocycles. The van der Waals surface area contributed by atoms with Crippen molar-refractivity contribution in [3.8, 4) is 6.07 Å². The lowest BCUT2D eigenvalue weighted by molar-refractivity contribution is 0.0215. The molecule has 6 heteroatoms. The average Bonchev–Trinajstić information content (AvgIpc) is 2.27. The van der Waals surface area contributed by atoms with Gasteiger partial charge in [0.05, 0.1) is 18.2 Å². The zero-order valence-corrected chi connectivity index (χ0v) is 8.92. The zero-order chi connectivity index (χ0) is 12.7. The Hall–Kier alpha value is -1.74. The fourth-order valence-corrected chi connectivity index (χ4v) is 1.20. The Balaban J connectivity index is 2.37. The number of ether oxygens (including phenoxy) is 1. The van der Waals surface area contributed by atoms with Gasteiger partial charge in [-0.25, -0.2) is 13.2 Å². The number of alkyl halides is 2. The van der Waals surface area contributed by atoms with E-state index in [1.807, 2.05) is 6.07 Å². The summed E-state index contributed by atoms with van der Waals surface area (Å²) >= 11 is 0. The van der Waals surface area contributed by atoms with Crippen LogP contribution in [0.15, 0.2) is 18.2 Å². The second kappa shape index (κ2) is 6.76. The van der Waals surface area contributed by atoms with Crippen LogP contribution in [0.4, 0.5) is 18.9 Å². The standard InChI is InChI=1S/C11H11F3N2O/c12-9-3-8(6-15)4-10(5-9)16-1-2-17-7-11(13)14/h3-5,11,16H,1-2,7H2. The fraction of sp³-hybridized carbons (Fsp3) is 0.364. The normalized spacial score (nSPS) is 10.3. The molecule has 0 bridgehead atoms. The smallest absolute Gasteiger partial charge is 0.261 e. The van der Waals surface area contributed by atoms with Gasteiger partial charge in [0.15, 0.2) is 0 Å². The fourth-order valence-electron chi connectivity index (χ4n) is 1.20. The maximum atomic E-state index is 13.0. The van der Waals surface area contributed by atoms with Gasteiger partial charge in [-0.1, -0.05) is 0 Å². The van der Waals surface area contributed by atoms with Gasteiger partial charge in [-0.05, 0) is 18.2 Å². The molecule has 0 aliphatic carbocycles. The van der Waals surface area contributed by atoms with Crippen LogP contribution in [0.3, 0.4) is 0 Å². The second-order valence-corrected chi connectivity index (χ2v) is 3.23. The quantitative estimate of drug-likeness (QED) is 0.781. The van der Waals surface area contributed by atoms with Crippen molar-refractivity contribution in [2.75, 3.05) is 25.1 Å². The summed E-state index contributed by atoms with van der Waals surface area (Å²) in [6, 6.07) is 5.61. The molecule has 1 aromatic carbocycles. The van der Waals surface area contributed by atoms with Crippen molar-refractivity contribution >= 4 is 5.69 Å². The average molecular weight is 244 g/mol. The lowest BCUT2D eigenvalue weighted by atomic mass is 10.2. The van der Waals surface area contributed by atoms with Crippen molar-refractivity contribution in [2.45, 2.75) is 6.43 Å². The molecule has 92 valence electrons. The highest BCUT2D eigenvalue weighted by Crippen LogP contribution is 2.12. The van der Waals surface area contributed by atoms with Crippen molar-refractivity contribution in [3.63, 3.8) is 0 Å². The van der Waals surface area contributed by atoms with Crippen LogP contribution in [-0.4, -0.2) is 26.2 Å². The molecule has 0 unspecified atom stereocenters. The summed E-state index contributed by atoms with van der Waals surface area (Å²) in [5.41, 5.74) is 0.614. The number of nitrogens with one attached hydrogen (secondary N) is 1. The molecule has 0 aromatic heterocycles. The molecular formula is C11H11F3N2O. The highest BCUT2D eigenvalue weighted by atomic mass is 19.3. The van der Waals surface area contributed by atoms with Gasteiger partial charge >= 0.3 is 0 Å². The van der Waals surface area contributed by atoms with Gasteiger partial charge in [0, 0.05) is 12.2 Å². The number of nitriles is 1. The van der Waals surface area contributed by atoms with Crippen LogP contribution in [0.25, 0.3) is 0 Å². The van der Waals surface area contributed by atoms with E-state index < -0.39 is 18.8 Å². The predicted octanol–water partition coefficient (Wildman–Crippen LogP) is 2.39. The second-order valence-electron chi connectivity index (χ2n) is 3.23. The first-order valence-corrected chi connectivity index (χ1v) is 4.92. The van der Waals surface area contributed by atoms with Crippen LogP contribution in [0, 0.1) is 17.1 Å². The van der Waals surface area contributed by atoms with Crippen molar-refractivity contribution in [3.05, 3.63) is 29.6 Å². The van der Waals surface area contributed by atoms with E-state index in [0.29, 0.717) is 5.69 Å². The number of nitrogens with zero attached hydrogens (tertiary/aromatic N) is 1. The Labute approximate surface area is 96.8 Å². The molecule has 0 saturated heterocycles. The Bertz CT molecular complexity index is 404. The number of halogens is 3. The molecule has 0 radical (unpaired) electrons. The first-order chi connectivity index (χ1) is 8.11. The third kappa shape index (κ3) is 5.22. The number of anilines is 1. The maximum absolute atomic E-state index is 13.0. The summed E-state index contributed by atoms with van der Waals surface area (Å²) in [5.74, 6) is -0.528. The van der Waals surface area contributed by atoms with Gasteiger partial charge in [0.1, 0.15) is 12.4 Å². The molecular weight excluding hydrogens is 233 g/mol. The molecule has 0 heterocycles. The largest absolute Gasteiger partial charge is 0.383 e. The molecule has 0 saturated carbocycles. The first-order valence-electron chi connectivity index (χ1n) is 4.92. The zero-order valence-electron chi connectivity index (χ0n) is 8.92. The lowest BCUT2D eigenvalue weighted by Gasteiger charge is -2.07. The Morgan fingerprint density at radius 3 is 2.76 bits per heavy atom. The van der Waals surface area contributed by atoms with Gasteiger partial charge < -0.3 is 10.1 Å². The molecule has 0 spiro atoms. The SMILES string of the molecule is N#Cc1cc(F)cc(NCCOCC(F)F)c1. The van der Waals surface area contributed by atoms with Crippen molar-refractivity contribution in [1.29, 1.82) is 5.26 Å². The van der Waals surface area contributed by atoms with E-state index in [1.165, 1.54) is 12.1 Å². The van der Waals surface area contributed by atoms with Gasteiger partial charge in [-0.15, -0.1) is 0 Å². The van der Waals surface area contributed by atoms with Crippen LogP contribution in [-0.2, 0) is 4.74 Å². The molecule has 17 heavy (non-hydrogen) atoms. The highest BCUT2D eigenvalue weighted by Gasteiger charge is 2.02. The highest BCUT2D eigenvalue weighted by molar-refractivity contribution is 5.49. The van der Waals surface area contributed by atoms with Crippen molar-refractivity contribution in [2.24, 2.45) is 0 Å². The van der Waals surface area contributed by atoms with Crippen LogP contribution in [0.2, 0.25) is 0 Å². The third-order valence-corrected chi connectivity index (χ3v) is 1.85. The summed E-state index contributed by atoms with van der Waals surface area (Å²) in [7, 11) is 0. The van der Waals surface area contributed by atoms with Crippen LogP contribution in [0.1, 0.15) is 5.56 Å². The molecule has 0 amide bonds. The summed E-state index contributed by atoms with van der Waals surface area (Å²) in [6.07, 6.45) is -2.49. The predicted molar refractivity (Wildman–Crippen MR) is 56.4 cm³/mol. The summed E-state index contributed by atoms with van der Waals surface area (Å²) in [4.78, 5) is 0. The monoisotopic (exact) mass is 244 g/mol. The minimum atomic E-state index is -2.49. The Morgan fingerprint density at radius 1 is 1.35 bits per heavy atom. The topological polar surface area (TPSA) is 45.0 Å². The maximum Gasteiger partial charge on any atom is 0.261 e. The Kier molecular flexibility index (Phi) is 5.30. The number of hydrogen-bond donors (Lipinski definition) is 1. The van der Waals surface area contributed by atoms with E-state index in [2.05, 4.69) is 10.1 Å². The molecule has 1 aromatic rings. The van der Waals surface area contributed by atoms with E-state index in [0.717, 1.165) is 6.07 Å². The van der Waals surface area contributed by atoms with E-state index in [9.17, 15) is 13.2 Å². The van der Waals surface area contributed by atoms with E-state index >= 15 is 0 Å². The molecule has 1 rings (SSSR count). The molecule has 0 fully saturated rings. The molecule has 1 N–H and O–H groups in total. The van der Waals surface area contributed by atoms with Crippen LogP contribution in [0.5, 0.6) is 0 Å². The first kappa shape index (κ1) is 13.3. The van der Waals surface area contributed by atoms with E-state index in [1.54, 1.807) is 0 Å². The van der Waals surface area contributed by atoms with E-state index in [4.69, 9.17) is 5.26 Å². The van der Waals surface area contributed by atoms with Gasteiger partial charge in [0.25, 0.3) is 6.43 Å². The van der Waals surface area contributed by atoms with Gasteiger partial charge in [0.2, 0.25) is 0 Å². The lowest BCUT2D eigenvalue weighted by Crippen LogP contribution is -2.13. The van der Waals surface area contributed by atoms with Crippen molar-refractivity contribution in [1.82, 2.24) is 0 Å².